The molecule has 0 aromatic heterocycles. The molecule has 6 nitrogen and oxygen atoms in total. The Labute approximate surface area is 125 Å². The number of hydrogen-bond acceptors (Lipinski definition) is 4. The lowest BCUT2D eigenvalue weighted by Crippen LogP contribution is -2.49. The molecule has 2 N–H and O–H groups in total. The summed E-state index contributed by atoms with van der Waals surface area (Å²) in [5.74, 6) is -0.784. The van der Waals surface area contributed by atoms with E-state index in [1.165, 1.54) is 6.92 Å². The molecule has 2 heterocycles. The standard InChI is InChI=1S/C15H24N2O4/c1-4-6-10-7-11(15(19)20)17-8-12(21-5-2)13(14(10)17)16-9(3)18/h4,6,10-14H,5,7-8H2,1-3H3,(H,16,18)(H,19,20)/b6-4-/t10-,11-,12+,13+,14-/m1/s1. The third kappa shape index (κ3) is 3.11. The zero-order chi connectivity index (χ0) is 15.6. The summed E-state index contributed by atoms with van der Waals surface area (Å²) in [5, 5.41) is 12.4. The van der Waals surface area contributed by atoms with E-state index in [0.29, 0.717) is 19.6 Å². The number of ether oxygens (including phenoxy) is 1. The molecule has 0 radical (unpaired) electrons. The van der Waals surface area contributed by atoms with E-state index < -0.39 is 12.0 Å². The topological polar surface area (TPSA) is 78.9 Å². The second-order valence-electron chi connectivity index (χ2n) is 5.69. The number of aliphatic carboxylic acids is 1. The summed E-state index contributed by atoms with van der Waals surface area (Å²) < 4.78 is 5.73. The lowest BCUT2D eigenvalue weighted by Gasteiger charge is -2.27. The van der Waals surface area contributed by atoms with Crippen molar-refractivity contribution < 1.29 is 19.4 Å². The largest absolute Gasteiger partial charge is 0.480 e. The number of nitrogens with one attached hydrogen (secondary N) is 1. The quantitative estimate of drug-likeness (QED) is 0.728. The molecule has 0 aromatic carbocycles. The molecular formula is C15H24N2O4. The predicted molar refractivity (Wildman–Crippen MR) is 77.9 cm³/mol. The van der Waals surface area contributed by atoms with Gasteiger partial charge in [0.15, 0.2) is 0 Å². The molecular weight excluding hydrogens is 272 g/mol. The third-order valence-corrected chi connectivity index (χ3v) is 4.35. The minimum atomic E-state index is -0.800. The summed E-state index contributed by atoms with van der Waals surface area (Å²) in [6.45, 7) is 6.43. The second-order valence-corrected chi connectivity index (χ2v) is 5.69. The smallest absolute Gasteiger partial charge is 0.320 e. The van der Waals surface area contributed by atoms with Crippen LogP contribution in [0.3, 0.4) is 0 Å². The lowest BCUT2D eigenvalue weighted by atomic mass is 9.92. The summed E-state index contributed by atoms with van der Waals surface area (Å²) in [5.41, 5.74) is 0. The van der Waals surface area contributed by atoms with Crippen LogP contribution < -0.4 is 5.32 Å². The molecule has 0 spiro atoms. The number of allylic oxidation sites excluding steroid dienone is 1. The summed E-state index contributed by atoms with van der Waals surface area (Å²) in [7, 11) is 0. The van der Waals surface area contributed by atoms with Gasteiger partial charge in [-0.2, -0.15) is 0 Å². The maximum absolute atomic E-state index is 11.5. The molecule has 6 heteroatoms. The molecule has 0 aromatic rings. The number of hydrogen-bond donors (Lipinski definition) is 2. The first-order valence-electron chi connectivity index (χ1n) is 7.49. The molecule has 0 unspecified atom stereocenters. The van der Waals surface area contributed by atoms with Crippen molar-refractivity contribution in [2.45, 2.75) is 51.4 Å². The summed E-state index contributed by atoms with van der Waals surface area (Å²) in [6.07, 6.45) is 4.42. The van der Waals surface area contributed by atoms with Crippen molar-refractivity contribution in [2.75, 3.05) is 13.2 Å². The Morgan fingerprint density at radius 2 is 2.19 bits per heavy atom. The van der Waals surface area contributed by atoms with Crippen molar-refractivity contribution in [3.05, 3.63) is 12.2 Å². The Balaban J connectivity index is 2.28. The number of nitrogens with zero attached hydrogens (tertiary/aromatic N) is 1. The highest BCUT2D eigenvalue weighted by atomic mass is 16.5. The van der Waals surface area contributed by atoms with E-state index in [0.717, 1.165) is 0 Å². The van der Waals surface area contributed by atoms with Gasteiger partial charge in [0.2, 0.25) is 5.91 Å². The SMILES string of the molecule is C/C=C\[C@@H]1C[C@H](C(=O)O)N2C[C@H](OCC)[C@H](NC(C)=O)[C@@H]12. The van der Waals surface area contributed by atoms with E-state index in [1.807, 2.05) is 30.9 Å². The number of fused-ring (bicyclic) bond motifs is 1. The van der Waals surface area contributed by atoms with Gasteiger partial charge in [0.1, 0.15) is 6.04 Å². The average Bonchev–Trinajstić information content (AvgIpc) is 2.90. The Morgan fingerprint density at radius 3 is 2.71 bits per heavy atom. The van der Waals surface area contributed by atoms with Crippen LogP contribution in [0.15, 0.2) is 12.2 Å². The summed E-state index contributed by atoms with van der Waals surface area (Å²) in [6, 6.07) is -0.673. The van der Waals surface area contributed by atoms with Crippen molar-refractivity contribution in [3.8, 4) is 0 Å². The number of carboxylic acids is 1. The molecule has 1 amide bonds. The summed E-state index contributed by atoms with van der Waals surface area (Å²) >= 11 is 0. The molecule has 118 valence electrons. The van der Waals surface area contributed by atoms with Crippen LogP contribution in [0, 0.1) is 5.92 Å². The van der Waals surface area contributed by atoms with Gasteiger partial charge in [0, 0.05) is 26.1 Å². The van der Waals surface area contributed by atoms with Crippen molar-refractivity contribution in [1.29, 1.82) is 0 Å². The zero-order valence-electron chi connectivity index (χ0n) is 12.8. The molecule has 0 bridgehead atoms. The Kier molecular flexibility index (Phi) is 5.00. The average molecular weight is 296 g/mol. The number of carboxylic acid groups (broad SMARTS) is 1. The maximum Gasteiger partial charge on any atom is 0.320 e. The minimum Gasteiger partial charge on any atom is -0.480 e. The number of rotatable bonds is 5. The van der Waals surface area contributed by atoms with Crippen LogP contribution in [-0.4, -0.2) is 59.3 Å². The number of amides is 1. The zero-order valence-corrected chi connectivity index (χ0v) is 12.8. The van der Waals surface area contributed by atoms with E-state index in [4.69, 9.17) is 4.74 Å². The summed E-state index contributed by atoms with van der Waals surface area (Å²) in [4.78, 5) is 25.0. The molecule has 2 fully saturated rings. The van der Waals surface area contributed by atoms with Gasteiger partial charge in [0.05, 0.1) is 12.1 Å². The molecule has 2 aliphatic rings. The van der Waals surface area contributed by atoms with Gasteiger partial charge in [-0.05, 0) is 26.2 Å². The maximum atomic E-state index is 11.5. The first kappa shape index (κ1) is 16.0. The fourth-order valence-electron chi connectivity index (χ4n) is 3.71. The van der Waals surface area contributed by atoms with Gasteiger partial charge in [0.25, 0.3) is 0 Å². The van der Waals surface area contributed by atoms with E-state index >= 15 is 0 Å². The Morgan fingerprint density at radius 1 is 1.48 bits per heavy atom. The van der Waals surface area contributed by atoms with Gasteiger partial charge in [-0.1, -0.05) is 12.2 Å². The van der Waals surface area contributed by atoms with Crippen molar-refractivity contribution in [2.24, 2.45) is 5.92 Å². The van der Waals surface area contributed by atoms with Crippen LogP contribution >= 0.6 is 0 Å². The monoisotopic (exact) mass is 296 g/mol. The predicted octanol–water partition coefficient (Wildman–Crippen LogP) is 0.630. The molecule has 2 saturated heterocycles. The molecule has 0 aliphatic carbocycles. The highest BCUT2D eigenvalue weighted by Gasteiger charge is 2.54. The van der Waals surface area contributed by atoms with Gasteiger partial charge in [-0.25, -0.2) is 0 Å². The Bertz CT molecular complexity index is 437. The van der Waals surface area contributed by atoms with Gasteiger partial charge in [-0.3, -0.25) is 14.5 Å². The van der Waals surface area contributed by atoms with E-state index in [-0.39, 0.29) is 30.0 Å². The van der Waals surface area contributed by atoms with E-state index in [9.17, 15) is 14.7 Å². The fourth-order valence-corrected chi connectivity index (χ4v) is 3.71. The first-order valence-corrected chi connectivity index (χ1v) is 7.49. The van der Waals surface area contributed by atoms with Crippen LogP contribution in [0.4, 0.5) is 0 Å². The molecule has 2 rings (SSSR count). The fraction of sp³-hybridized carbons (Fsp3) is 0.733. The van der Waals surface area contributed by atoms with Gasteiger partial charge < -0.3 is 15.2 Å². The molecule has 2 aliphatic heterocycles. The van der Waals surface area contributed by atoms with Crippen molar-refractivity contribution >= 4 is 11.9 Å². The lowest BCUT2D eigenvalue weighted by molar-refractivity contribution is -0.142. The number of carbonyl (C=O) groups is 2. The van der Waals surface area contributed by atoms with Crippen molar-refractivity contribution in [3.63, 3.8) is 0 Å². The van der Waals surface area contributed by atoms with E-state index in [1.54, 1.807) is 0 Å². The highest BCUT2D eigenvalue weighted by Crippen LogP contribution is 2.39. The molecule has 21 heavy (non-hydrogen) atoms. The molecule has 5 atom stereocenters. The van der Waals surface area contributed by atoms with Gasteiger partial charge in [-0.15, -0.1) is 0 Å². The second kappa shape index (κ2) is 6.58. The van der Waals surface area contributed by atoms with Crippen LogP contribution in [-0.2, 0) is 14.3 Å². The highest BCUT2D eigenvalue weighted by molar-refractivity contribution is 5.75. The third-order valence-electron chi connectivity index (χ3n) is 4.35. The van der Waals surface area contributed by atoms with Crippen LogP contribution in [0.5, 0.6) is 0 Å². The van der Waals surface area contributed by atoms with Gasteiger partial charge >= 0.3 is 5.97 Å². The first-order chi connectivity index (χ1) is 9.99. The Hall–Kier alpha value is -1.40. The number of carbonyl (C=O) groups excluding carboxylic acids is 1. The van der Waals surface area contributed by atoms with Crippen LogP contribution in [0.2, 0.25) is 0 Å². The van der Waals surface area contributed by atoms with Crippen LogP contribution in [0.1, 0.15) is 27.2 Å². The molecule has 0 saturated carbocycles. The van der Waals surface area contributed by atoms with Crippen molar-refractivity contribution in [1.82, 2.24) is 10.2 Å². The normalized spacial score (nSPS) is 36.0. The van der Waals surface area contributed by atoms with E-state index in [2.05, 4.69) is 5.32 Å². The minimum absolute atomic E-state index is 0.0113. The van der Waals surface area contributed by atoms with Crippen LogP contribution in [0.25, 0.3) is 0 Å².